The SMILES string of the molecule is C[C@H](N)C(=O)C([C@](C(=O)O)(C(=O)[C@@H](N)CO)N(C(=O)[C@H](CO)NC(=O)[C@@H](N)Cc1ccc(O)cc1)P(=O)(O)O)P(=O)(O)O. The van der Waals surface area contributed by atoms with Crippen molar-refractivity contribution in [1.29, 1.82) is 0 Å². The Balaban J connectivity index is 3.90. The molecule has 0 spiro atoms. The van der Waals surface area contributed by atoms with E-state index in [-0.39, 0.29) is 12.2 Å². The molecule has 0 heterocycles. The Labute approximate surface area is 242 Å². The van der Waals surface area contributed by atoms with E-state index >= 15 is 0 Å². The average molecular weight is 657 g/mol. The molecule has 0 bridgehead atoms. The van der Waals surface area contributed by atoms with Crippen LogP contribution in [0.25, 0.3) is 0 Å². The summed E-state index contributed by atoms with van der Waals surface area (Å²) >= 11 is 0. The molecule has 0 saturated heterocycles. The first-order valence-electron chi connectivity index (χ1n) is 11.9. The van der Waals surface area contributed by atoms with Crippen LogP contribution in [0.15, 0.2) is 24.3 Å². The fraction of sp³-hybridized carbons (Fsp3) is 0.476. The van der Waals surface area contributed by atoms with Crippen LogP contribution < -0.4 is 22.5 Å². The van der Waals surface area contributed by atoms with Crippen LogP contribution in [0.2, 0.25) is 0 Å². The van der Waals surface area contributed by atoms with Crippen LogP contribution in [-0.4, -0.2) is 123 Å². The number of phenols is 1. The summed E-state index contributed by atoms with van der Waals surface area (Å²) in [7, 11) is -13.0. The number of hydrogen-bond acceptors (Lipinski definition) is 13. The number of carboxylic acid groups (broad SMARTS) is 1. The van der Waals surface area contributed by atoms with Gasteiger partial charge in [-0.15, -0.1) is 0 Å². The molecule has 0 aliphatic carbocycles. The van der Waals surface area contributed by atoms with E-state index in [1.165, 1.54) is 24.3 Å². The van der Waals surface area contributed by atoms with Crippen molar-refractivity contribution in [2.45, 2.75) is 48.7 Å². The van der Waals surface area contributed by atoms with Crippen LogP contribution in [0.5, 0.6) is 5.75 Å². The number of aliphatic hydroxyl groups is 2. The third-order valence-corrected chi connectivity index (χ3v) is 8.35. The van der Waals surface area contributed by atoms with E-state index < -0.39 is 97.9 Å². The molecule has 0 aliphatic heterocycles. The van der Waals surface area contributed by atoms with E-state index in [9.17, 15) is 73.1 Å². The molecule has 0 radical (unpaired) electrons. The molecule has 242 valence electrons. The fourth-order valence-corrected chi connectivity index (χ4v) is 6.60. The van der Waals surface area contributed by atoms with Gasteiger partial charge >= 0.3 is 21.3 Å². The number of hydrogen-bond donors (Lipinski definition) is 12. The zero-order chi connectivity index (χ0) is 33.7. The van der Waals surface area contributed by atoms with E-state index in [0.29, 0.717) is 5.56 Å². The van der Waals surface area contributed by atoms with Gasteiger partial charge in [0.15, 0.2) is 17.2 Å². The number of rotatable bonds is 16. The van der Waals surface area contributed by atoms with E-state index in [1.807, 2.05) is 0 Å². The van der Waals surface area contributed by atoms with Crippen LogP contribution >= 0.6 is 15.3 Å². The molecule has 1 aromatic rings. The number of benzene rings is 1. The maximum atomic E-state index is 13.5. The van der Waals surface area contributed by atoms with Crippen molar-refractivity contribution in [1.82, 2.24) is 9.99 Å². The lowest BCUT2D eigenvalue weighted by Crippen LogP contribution is -2.74. The first-order chi connectivity index (χ1) is 19.6. The molecule has 2 amide bonds. The van der Waals surface area contributed by atoms with Crippen molar-refractivity contribution in [3.63, 3.8) is 0 Å². The Bertz CT molecular complexity index is 1310. The van der Waals surface area contributed by atoms with Crippen molar-refractivity contribution < 1.29 is 73.1 Å². The third-order valence-electron chi connectivity index (χ3n) is 6.01. The molecule has 6 atom stereocenters. The van der Waals surface area contributed by atoms with Crippen molar-refractivity contribution >= 4 is 44.7 Å². The Kier molecular flexibility index (Phi) is 12.8. The number of amides is 2. The molecule has 0 aromatic heterocycles. The maximum absolute atomic E-state index is 13.5. The van der Waals surface area contributed by atoms with Gasteiger partial charge in [-0.1, -0.05) is 12.1 Å². The highest BCUT2D eigenvalue weighted by atomic mass is 31.2. The minimum absolute atomic E-state index is 0.126. The highest BCUT2D eigenvalue weighted by Gasteiger charge is 2.71. The van der Waals surface area contributed by atoms with E-state index in [2.05, 4.69) is 0 Å². The normalized spacial score (nSPS) is 17.0. The number of ketones is 2. The van der Waals surface area contributed by atoms with Gasteiger partial charge in [-0.25, -0.2) is 14.0 Å². The molecular weight excluding hydrogens is 624 g/mol. The first-order valence-corrected chi connectivity index (χ1v) is 15.2. The summed E-state index contributed by atoms with van der Waals surface area (Å²) in [6, 6.07) is -3.42. The summed E-state index contributed by atoms with van der Waals surface area (Å²) in [5.41, 5.74) is 8.74. The molecule has 15 N–H and O–H groups in total. The highest BCUT2D eigenvalue weighted by molar-refractivity contribution is 7.54. The van der Waals surface area contributed by atoms with Gasteiger partial charge in [0.25, 0.3) is 5.91 Å². The lowest BCUT2D eigenvalue weighted by Gasteiger charge is -2.45. The zero-order valence-electron chi connectivity index (χ0n) is 22.3. The molecule has 0 aliphatic rings. The lowest BCUT2D eigenvalue weighted by molar-refractivity contribution is -0.164. The second-order valence-corrected chi connectivity index (χ2v) is 12.4. The van der Waals surface area contributed by atoms with Crippen molar-refractivity contribution in [3.05, 3.63) is 29.8 Å². The summed E-state index contributed by atoms with van der Waals surface area (Å²) in [6.07, 6.45) is -0.271. The van der Waals surface area contributed by atoms with Gasteiger partial charge in [-0.2, -0.15) is 0 Å². The summed E-state index contributed by atoms with van der Waals surface area (Å²) in [5.74, 6) is -10.9. The van der Waals surface area contributed by atoms with Crippen LogP contribution in [0.3, 0.4) is 0 Å². The maximum Gasteiger partial charge on any atom is 0.433 e. The van der Waals surface area contributed by atoms with Gasteiger partial charge in [0.2, 0.25) is 11.4 Å². The number of aromatic hydroxyl groups is 1. The fourth-order valence-electron chi connectivity index (χ4n) is 4.00. The van der Waals surface area contributed by atoms with Crippen molar-refractivity contribution in [2.75, 3.05) is 13.2 Å². The molecule has 22 heteroatoms. The molecule has 0 saturated carbocycles. The number of phenolic OH excluding ortho intramolecular Hbond substituents is 1. The molecule has 1 rings (SSSR count). The number of aliphatic carboxylic acids is 1. The van der Waals surface area contributed by atoms with Crippen molar-refractivity contribution in [3.8, 4) is 5.75 Å². The molecule has 1 aromatic carbocycles. The Hall–Kier alpha value is -3.13. The molecule has 20 nitrogen and oxygen atoms in total. The van der Waals surface area contributed by atoms with Crippen molar-refractivity contribution in [2.24, 2.45) is 17.2 Å². The van der Waals surface area contributed by atoms with Gasteiger partial charge in [-0.3, -0.25) is 23.7 Å². The zero-order valence-corrected chi connectivity index (χ0v) is 24.1. The smallest absolute Gasteiger partial charge is 0.433 e. The summed E-state index contributed by atoms with van der Waals surface area (Å²) in [4.78, 5) is 106. The molecule has 0 fully saturated rings. The number of carbonyl (C=O) groups excluding carboxylic acids is 4. The second-order valence-electron chi connectivity index (χ2n) is 9.29. The Morgan fingerprint density at radius 3 is 1.81 bits per heavy atom. The highest BCUT2D eigenvalue weighted by Crippen LogP contribution is 2.56. The van der Waals surface area contributed by atoms with Gasteiger partial charge in [0.05, 0.1) is 31.3 Å². The number of carbonyl (C=O) groups is 5. The van der Waals surface area contributed by atoms with Crippen LogP contribution in [-0.2, 0) is 39.5 Å². The minimum Gasteiger partial charge on any atom is -0.508 e. The Morgan fingerprint density at radius 2 is 1.44 bits per heavy atom. The quantitative estimate of drug-likeness (QED) is 0.0583. The summed E-state index contributed by atoms with van der Waals surface area (Å²) in [5, 5.41) is 40.6. The minimum atomic E-state index is -6.61. The second kappa shape index (κ2) is 14.6. The number of aliphatic hydroxyl groups excluding tert-OH is 2. The average Bonchev–Trinajstić information content (AvgIpc) is 2.89. The Morgan fingerprint density at radius 1 is 0.930 bits per heavy atom. The number of Topliss-reactive ketones (excluding diaryl/α,β-unsaturated/α-hetero) is 2. The molecule has 43 heavy (non-hydrogen) atoms. The molecule has 1 unspecified atom stereocenters. The number of nitrogens with zero attached hydrogens (tertiary/aromatic N) is 1. The number of nitrogens with two attached hydrogens (primary N) is 3. The third kappa shape index (κ3) is 8.49. The van der Waals surface area contributed by atoms with Gasteiger partial charge in [-0.05, 0) is 31.0 Å². The van der Waals surface area contributed by atoms with Crippen LogP contribution in [0.4, 0.5) is 0 Å². The van der Waals surface area contributed by atoms with E-state index in [1.54, 1.807) is 5.32 Å². The van der Waals surface area contributed by atoms with Gasteiger partial charge in [0, 0.05) is 0 Å². The monoisotopic (exact) mass is 657 g/mol. The number of nitrogens with one attached hydrogen (secondary N) is 1. The predicted octanol–water partition coefficient (Wildman–Crippen LogP) is -5.16. The largest absolute Gasteiger partial charge is 0.508 e. The predicted molar refractivity (Wildman–Crippen MR) is 143 cm³/mol. The summed E-state index contributed by atoms with van der Waals surface area (Å²) in [6.45, 7) is -2.31. The summed E-state index contributed by atoms with van der Waals surface area (Å²) < 4.78 is 24.1. The number of carboxylic acids is 1. The van der Waals surface area contributed by atoms with E-state index in [0.717, 1.165) is 6.92 Å². The molecular formula is C21H33N5O15P2. The van der Waals surface area contributed by atoms with Gasteiger partial charge < -0.3 is 62.5 Å². The van der Waals surface area contributed by atoms with Gasteiger partial charge in [0.1, 0.15) is 11.8 Å². The van der Waals surface area contributed by atoms with E-state index in [4.69, 9.17) is 17.2 Å². The van der Waals surface area contributed by atoms with Crippen LogP contribution in [0, 0.1) is 0 Å². The lowest BCUT2D eigenvalue weighted by atomic mass is 9.82. The first kappa shape index (κ1) is 37.9. The van der Waals surface area contributed by atoms with Crippen LogP contribution in [0.1, 0.15) is 12.5 Å². The topological polar surface area (TPSA) is 375 Å². The standard InChI is InChI=1S/C21H33N5O15P2/c1-9(22)15(30)17(42(36,37)38)21(20(34)35,16(31)13(24)7-27)26(43(39,40)41)19(33)14(8-28)25-18(32)12(23)6-10-2-4-11(29)5-3-10/h2-5,9,12-14,17,27-29H,6-8,22-24H2,1H3,(H,25,32)(H,34,35)(H2,36,37,38)(H2,39,40,41)/t9-,12-,13-,14-,17?,21-/m0/s1.